The number of nitrogens with zero attached hydrogens (tertiary/aromatic N) is 3. The summed E-state index contributed by atoms with van der Waals surface area (Å²) in [6.45, 7) is 12.3. The number of likely N-dealkylation sites (N-methyl/N-ethyl adjacent to an activating group) is 1. The second kappa shape index (κ2) is 8.42. The van der Waals surface area contributed by atoms with Gasteiger partial charge in [-0.2, -0.15) is 0 Å². The number of benzene rings is 1. The van der Waals surface area contributed by atoms with Crippen LogP contribution in [0.3, 0.4) is 0 Å². The number of rotatable bonds is 7. The smallest absolute Gasteiger partial charge is 0.153 e. The highest BCUT2D eigenvalue weighted by molar-refractivity contribution is 5.58. The van der Waals surface area contributed by atoms with Crippen molar-refractivity contribution < 1.29 is 4.52 Å². The Hall–Kier alpha value is -1.69. The Morgan fingerprint density at radius 1 is 1.12 bits per heavy atom. The molecule has 130 valence electrons. The van der Waals surface area contributed by atoms with Gasteiger partial charge in [0.05, 0.1) is 6.04 Å². The van der Waals surface area contributed by atoms with Gasteiger partial charge in [-0.05, 0) is 13.5 Å². The molecule has 1 aliphatic heterocycles. The average Bonchev–Trinajstić information content (AvgIpc) is 3.13. The van der Waals surface area contributed by atoms with Crippen molar-refractivity contribution in [2.75, 3.05) is 45.8 Å². The highest BCUT2D eigenvalue weighted by Gasteiger charge is 2.16. The van der Waals surface area contributed by atoms with Crippen LogP contribution >= 0.6 is 0 Å². The van der Waals surface area contributed by atoms with Crippen molar-refractivity contribution in [2.24, 2.45) is 0 Å². The maximum absolute atomic E-state index is 5.52. The highest BCUT2D eigenvalue weighted by atomic mass is 16.5. The van der Waals surface area contributed by atoms with Crippen molar-refractivity contribution in [2.45, 2.75) is 19.9 Å². The molecule has 1 N–H and O–H groups in total. The van der Waals surface area contributed by atoms with Gasteiger partial charge in [-0.1, -0.05) is 42.4 Å². The van der Waals surface area contributed by atoms with Crippen LogP contribution in [0.15, 0.2) is 40.9 Å². The molecule has 24 heavy (non-hydrogen) atoms. The average molecular weight is 328 g/mol. The fourth-order valence-corrected chi connectivity index (χ4v) is 3.11. The first-order chi connectivity index (χ1) is 11.8. The third kappa shape index (κ3) is 4.44. The highest BCUT2D eigenvalue weighted by Crippen LogP contribution is 2.22. The molecule has 1 aliphatic rings. The molecule has 1 unspecified atom stereocenters. The first-order valence-electron chi connectivity index (χ1n) is 8.96. The summed E-state index contributed by atoms with van der Waals surface area (Å²) >= 11 is 0. The molecule has 0 radical (unpaired) electrons. The van der Waals surface area contributed by atoms with E-state index in [1.54, 1.807) is 0 Å². The number of nitrogens with one attached hydrogen (secondary N) is 1. The second-order valence-electron chi connectivity index (χ2n) is 6.43. The molecule has 0 amide bonds. The number of aromatic nitrogens is 1. The van der Waals surface area contributed by atoms with Crippen LogP contribution in [0.4, 0.5) is 0 Å². The third-order valence-electron chi connectivity index (χ3n) is 4.82. The van der Waals surface area contributed by atoms with Crippen molar-refractivity contribution in [3.63, 3.8) is 0 Å². The zero-order valence-corrected chi connectivity index (χ0v) is 14.7. The van der Waals surface area contributed by atoms with E-state index in [2.05, 4.69) is 46.3 Å². The minimum Gasteiger partial charge on any atom is -0.359 e. The predicted octanol–water partition coefficient (Wildman–Crippen LogP) is 2.63. The molecule has 0 aliphatic carbocycles. The molecule has 0 spiro atoms. The van der Waals surface area contributed by atoms with Crippen LogP contribution < -0.4 is 5.32 Å². The summed E-state index contributed by atoms with van der Waals surface area (Å²) < 4.78 is 5.52. The van der Waals surface area contributed by atoms with Gasteiger partial charge in [0.1, 0.15) is 5.69 Å². The molecule has 2 heterocycles. The van der Waals surface area contributed by atoms with Crippen molar-refractivity contribution in [3.05, 3.63) is 42.2 Å². The Morgan fingerprint density at radius 2 is 1.83 bits per heavy atom. The number of hydrogen-bond acceptors (Lipinski definition) is 5. The zero-order chi connectivity index (χ0) is 16.8. The lowest BCUT2D eigenvalue weighted by atomic mass is 10.1. The monoisotopic (exact) mass is 328 g/mol. The lowest BCUT2D eigenvalue weighted by molar-refractivity contribution is 0.137. The van der Waals surface area contributed by atoms with Crippen molar-refractivity contribution in [1.82, 2.24) is 20.3 Å². The quantitative estimate of drug-likeness (QED) is 0.846. The SMILES string of the molecule is CCN1CCN(CCNC(C)c2cc(-c3ccccc3)no2)CC1. The fourth-order valence-electron chi connectivity index (χ4n) is 3.11. The van der Waals surface area contributed by atoms with E-state index in [0.717, 1.165) is 30.1 Å². The van der Waals surface area contributed by atoms with Gasteiger partial charge in [0.15, 0.2) is 5.76 Å². The van der Waals surface area contributed by atoms with Gasteiger partial charge in [-0.3, -0.25) is 4.90 Å². The summed E-state index contributed by atoms with van der Waals surface area (Å²) in [6, 6.07) is 12.4. The van der Waals surface area contributed by atoms with E-state index in [-0.39, 0.29) is 6.04 Å². The molecule has 0 bridgehead atoms. The topological polar surface area (TPSA) is 44.5 Å². The maximum Gasteiger partial charge on any atom is 0.153 e. The molecule has 2 aromatic rings. The Bertz CT molecular complexity index is 605. The molecule has 3 rings (SSSR count). The number of piperazine rings is 1. The molecule has 5 nitrogen and oxygen atoms in total. The van der Waals surface area contributed by atoms with Crippen LogP contribution in [0.1, 0.15) is 25.6 Å². The molecule has 5 heteroatoms. The van der Waals surface area contributed by atoms with Gasteiger partial charge in [0, 0.05) is 50.9 Å². The minimum absolute atomic E-state index is 0.173. The summed E-state index contributed by atoms with van der Waals surface area (Å²) in [7, 11) is 0. The van der Waals surface area contributed by atoms with Crippen LogP contribution in [0.25, 0.3) is 11.3 Å². The molecular formula is C19H28N4O. The van der Waals surface area contributed by atoms with Crippen LogP contribution in [0, 0.1) is 0 Å². The van der Waals surface area contributed by atoms with Gasteiger partial charge in [-0.15, -0.1) is 0 Å². The fraction of sp³-hybridized carbons (Fsp3) is 0.526. The Labute approximate surface area is 144 Å². The van der Waals surface area contributed by atoms with E-state index in [4.69, 9.17) is 4.52 Å². The van der Waals surface area contributed by atoms with Gasteiger partial charge in [0.2, 0.25) is 0 Å². The molecule has 1 atom stereocenters. The molecule has 1 fully saturated rings. The van der Waals surface area contributed by atoms with Crippen LogP contribution in [0.5, 0.6) is 0 Å². The van der Waals surface area contributed by atoms with E-state index in [0.29, 0.717) is 0 Å². The van der Waals surface area contributed by atoms with E-state index >= 15 is 0 Å². The number of hydrogen-bond donors (Lipinski definition) is 1. The Balaban J connectivity index is 1.44. The lowest BCUT2D eigenvalue weighted by Crippen LogP contribution is -2.47. The van der Waals surface area contributed by atoms with E-state index in [9.17, 15) is 0 Å². The molecular weight excluding hydrogens is 300 g/mol. The van der Waals surface area contributed by atoms with Crippen LogP contribution in [0.2, 0.25) is 0 Å². The van der Waals surface area contributed by atoms with Gasteiger partial charge in [-0.25, -0.2) is 0 Å². The zero-order valence-electron chi connectivity index (χ0n) is 14.7. The van der Waals surface area contributed by atoms with Crippen molar-refractivity contribution in [1.29, 1.82) is 0 Å². The summed E-state index contributed by atoms with van der Waals surface area (Å²) in [5.74, 6) is 0.893. The molecule has 0 saturated carbocycles. The van der Waals surface area contributed by atoms with Crippen molar-refractivity contribution in [3.8, 4) is 11.3 Å². The molecule has 1 aromatic heterocycles. The first kappa shape index (κ1) is 17.1. The van der Waals surface area contributed by atoms with E-state index in [1.807, 2.05) is 24.3 Å². The van der Waals surface area contributed by atoms with Gasteiger partial charge in [0.25, 0.3) is 0 Å². The minimum atomic E-state index is 0.173. The van der Waals surface area contributed by atoms with Crippen LogP contribution in [-0.2, 0) is 0 Å². The molecule has 1 saturated heterocycles. The first-order valence-corrected chi connectivity index (χ1v) is 8.96. The summed E-state index contributed by atoms with van der Waals surface area (Å²) in [5, 5.41) is 7.74. The third-order valence-corrected chi connectivity index (χ3v) is 4.82. The Kier molecular flexibility index (Phi) is 6.01. The summed E-state index contributed by atoms with van der Waals surface area (Å²) in [4.78, 5) is 5.04. The lowest BCUT2D eigenvalue weighted by Gasteiger charge is -2.34. The van der Waals surface area contributed by atoms with E-state index in [1.165, 1.54) is 32.7 Å². The van der Waals surface area contributed by atoms with Crippen LogP contribution in [-0.4, -0.2) is 60.8 Å². The Morgan fingerprint density at radius 3 is 2.54 bits per heavy atom. The largest absolute Gasteiger partial charge is 0.359 e. The summed E-state index contributed by atoms with van der Waals surface area (Å²) in [5.41, 5.74) is 1.99. The standard InChI is InChI=1S/C19H28N4O/c1-3-22-11-13-23(14-12-22)10-9-20-16(2)19-15-18(21-24-19)17-7-5-4-6-8-17/h4-8,15-16,20H,3,9-14H2,1-2H3. The van der Waals surface area contributed by atoms with Gasteiger partial charge < -0.3 is 14.7 Å². The maximum atomic E-state index is 5.52. The summed E-state index contributed by atoms with van der Waals surface area (Å²) in [6.07, 6.45) is 0. The van der Waals surface area contributed by atoms with Gasteiger partial charge >= 0.3 is 0 Å². The normalized spacial score (nSPS) is 17.9. The predicted molar refractivity (Wildman–Crippen MR) is 96.9 cm³/mol. The van der Waals surface area contributed by atoms with Crippen molar-refractivity contribution >= 4 is 0 Å². The second-order valence-corrected chi connectivity index (χ2v) is 6.43. The molecule has 1 aromatic carbocycles. The van der Waals surface area contributed by atoms with E-state index < -0.39 is 0 Å².